The van der Waals surface area contributed by atoms with E-state index >= 15 is 0 Å². The quantitative estimate of drug-likeness (QED) is 0.606. The second-order valence-electron chi connectivity index (χ2n) is 3.00. The van der Waals surface area contributed by atoms with Gasteiger partial charge < -0.3 is 11.1 Å². The lowest BCUT2D eigenvalue weighted by Crippen LogP contribution is -2.34. The number of rotatable bonds is 2. The van der Waals surface area contributed by atoms with Crippen molar-refractivity contribution in [1.29, 1.82) is 0 Å². The number of alkyl halides is 3. The van der Waals surface area contributed by atoms with Crippen LogP contribution in [0.2, 0.25) is 0 Å². The highest BCUT2D eigenvalue weighted by Crippen LogP contribution is 2.17. The molecule has 3 N–H and O–H groups in total. The maximum absolute atomic E-state index is 13.1. The van der Waals surface area contributed by atoms with E-state index in [2.05, 4.69) is 0 Å². The Kier molecular flexibility index (Phi) is 3.36. The first-order chi connectivity index (χ1) is 7.31. The van der Waals surface area contributed by atoms with Gasteiger partial charge in [-0.3, -0.25) is 4.79 Å². The third-order valence-corrected chi connectivity index (χ3v) is 1.72. The molecule has 1 aromatic carbocycles. The van der Waals surface area contributed by atoms with E-state index in [1.54, 1.807) is 0 Å². The molecule has 0 atom stereocenters. The van der Waals surface area contributed by atoms with Gasteiger partial charge in [-0.2, -0.15) is 13.2 Å². The number of hydrogen-bond acceptors (Lipinski definition) is 2. The molecule has 1 aromatic rings. The summed E-state index contributed by atoms with van der Waals surface area (Å²) in [7, 11) is 0. The molecule has 0 spiro atoms. The molecule has 0 saturated heterocycles. The van der Waals surface area contributed by atoms with Crippen molar-refractivity contribution in [3.05, 3.63) is 29.6 Å². The highest BCUT2D eigenvalue weighted by atomic mass is 19.4. The fourth-order valence-electron chi connectivity index (χ4n) is 1.05. The van der Waals surface area contributed by atoms with Crippen molar-refractivity contribution in [2.45, 2.75) is 6.18 Å². The molecular weight excluding hydrogens is 228 g/mol. The summed E-state index contributed by atoms with van der Waals surface area (Å²) in [5.41, 5.74) is 4.49. The summed E-state index contributed by atoms with van der Waals surface area (Å²) in [4.78, 5) is 11.2. The van der Waals surface area contributed by atoms with E-state index in [-0.39, 0.29) is 5.69 Å². The molecule has 0 heterocycles. The largest absolute Gasteiger partial charge is 0.405 e. The summed E-state index contributed by atoms with van der Waals surface area (Å²) in [5.74, 6) is -2.15. The molecule has 0 bridgehead atoms. The van der Waals surface area contributed by atoms with Gasteiger partial charge in [-0.05, 0) is 12.1 Å². The molecule has 0 fully saturated rings. The molecule has 0 radical (unpaired) electrons. The number of nitrogen functional groups attached to an aromatic ring is 1. The van der Waals surface area contributed by atoms with Gasteiger partial charge in [0.15, 0.2) is 0 Å². The Morgan fingerprint density at radius 3 is 2.50 bits per heavy atom. The van der Waals surface area contributed by atoms with Gasteiger partial charge in [-0.25, -0.2) is 4.39 Å². The van der Waals surface area contributed by atoms with E-state index in [0.29, 0.717) is 0 Å². The summed E-state index contributed by atoms with van der Waals surface area (Å²) in [6.07, 6.45) is -4.55. The Balaban J connectivity index is 2.81. The number of carbonyl (C=O) groups is 1. The number of halogens is 4. The summed E-state index contributed by atoms with van der Waals surface area (Å²) in [6.45, 7) is -1.53. The Bertz CT molecular complexity index is 383. The van der Waals surface area contributed by atoms with Crippen LogP contribution in [0.25, 0.3) is 0 Å². The number of anilines is 1. The molecule has 0 aliphatic rings. The molecule has 16 heavy (non-hydrogen) atoms. The van der Waals surface area contributed by atoms with Gasteiger partial charge in [-0.1, -0.05) is 6.07 Å². The average Bonchev–Trinajstić information content (AvgIpc) is 2.13. The molecular formula is C9H8F4N2O. The van der Waals surface area contributed by atoms with E-state index in [9.17, 15) is 22.4 Å². The van der Waals surface area contributed by atoms with Crippen LogP contribution in [0.3, 0.4) is 0 Å². The van der Waals surface area contributed by atoms with Gasteiger partial charge in [0.25, 0.3) is 5.91 Å². The molecule has 0 saturated carbocycles. The SMILES string of the molecule is Nc1cccc(F)c1C(=O)NCC(F)(F)F. The van der Waals surface area contributed by atoms with Gasteiger partial charge in [-0.15, -0.1) is 0 Å². The lowest BCUT2D eigenvalue weighted by Gasteiger charge is -2.10. The second-order valence-corrected chi connectivity index (χ2v) is 3.00. The van der Waals surface area contributed by atoms with Crippen LogP contribution in [-0.2, 0) is 0 Å². The van der Waals surface area contributed by atoms with Crippen LogP contribution in [0.5, 0.6) is 0 Å². The minimum absolute atomic E-state index is 0.209. The van der Waals surface area contributed by atoms with E-state index in [1.807, 2.05) is 0 Å². The van der Waals surface area contributed by atoms with Crippen molar-refractivity contribution in [3.8, 4) is 0 Å². The number of nitrogens with two attached hydrogens (primary N) is 1. The van der Waals surface area contributed by atoms with Crippen LogP contribution >= 0.6 is 0 Å². The molecule has 0 aliphatic heterocycles. The Hall–Kier alpha value is -1.79. The molecule has 0 aliphatic carbocycles. The van der Waals surface area contributed by atoms with Crippen LogP contribution < -0.4 is 11.1 Å². The normalized spacial score (nSPS) is 11.2. The average molecular weight is 236 g/mol. The molecule has 0 unspecified atom stereocenters. The van der Waals surface area contributed by atoms with Crippen molar-refractivity contribution in [1.82, 2.24) is 5.32 Å². The standard InChI is InChI=1S/C9H8F4N2O/c10-5-2-1-3-6(14)7(5)8(16)15-4-9(11,12)13/h1-3H,4,14H2,(H,15,16). The minimum atomic E-state index is -4.55. The number of benzene rings is 1. The number of nitrogens with one attached hydrogen (secondary N) is 1. The monoisotopic (exact) mass is 236 g/mol. The fraction of sp³-hybridized carbons (Fsp3) is 0.222. The molecule has 3 nitrogen and oxygen atoms in total. The third-order valence-electron chi connectivity index (χ3n) is 1.72. The highest BCUT2D eigenvalue weighted by molar-refractivity contribution is 5.99. The third kappa shape index (κ3) is 3.11. The lowest BCUT2D eigenvalue weighted by atomic mass is 10.1. The zero-order chi connectivity index (χ0) is 12.3. The van der Waals surface area contributed by atoms with E-state index in [0.717, 1.165) is 6.07 Å². The zero-order valence-electron chi connectivity index (χ0n) is 7.94. The van der Waals surface area contributed by atoms with Gasteiger partial charge in [0.2, 0.25) is 0 Å². The molecule has 88 valence electrons. The predicted octanol–water partition coefficient (Wildman–Crippen LogP) is 1.70. The maximum atomic E-state index is 13.1. The predicted molar refractivity (Wildman–Crippen MR) is 49.2 cm³/mol. The Morgan fingerprint density at radius 1 is 1.38 bits per heavy atom. The van der Waals surface area contributed by atoms with Crippen LogP contribution in [-0.4, -0.2) is 18.6 Å². The van der Waals surface area contributed by atoms with Crippen LogP contribution in [0.1, 0.15) is 10.4 Å². The van der Waals surface area contributed by atoms with Crippen molar-refractivity contribution >= 4 is 11.6 Å². The van der Waals surface area contributed by atoms with Crippen molar-refractivity contribution in [2.75, 3.05) is 12.3 Å². The summed E-state index contributed by atoms with van der Waals surface area (Å²) >= 11 is 0. The number of hydrogen-bond donors (Lipinski definition) is 2. The van der Waals surface area contributed by atoms with Crippen LogP contribution in [0.4, 0.5) is 23.2 Å². The minimum Gasteiger partial charge on any atom is -0.398 e. The number of amides is 1. The zero-order valence-corrected chi connectivity index (χ0v) is 7.94. The first kappa shape index (κ1) is 12.3. The first-order valence-corrected chi connectivity index (χ1v) is 4.20. The van der Waals surface area contributed by atoms with Gasteiger partial charge in [0, 0.05) is 5.69 Å². The van der Waals surface area contributed by atoms with Gasteiger partial charge in [0.05, 0.1) is 5.56 Å². The Morgan fingerprint density at radius 2 is 2.00 bits per heavy atom. The van der Waals surface area contributed by atoms with Gasteiger partial charge in [0.1, 0.15) is 12.4 Å². The summed E-state index contributed by atoms with van der Waals surface area (Å²) in [6, 6.07) is 3.43. The van der Waals surface area contributed by atoms with Crippen molar-refractivity contribution < 1.29 is 22.4 Å². The smallest absolute Gasteiger partial charge is 0.398 e. The fourth-order valence-corrected chi connectivity index (χ4v) is 1.05. The van der Waals surface area contributed by atoms with Crippen molar-refractivity contribution in [2.24, 2.45) is 0 Å². The molecule has 1 amide bonds. The number of carbonyl (C=O) groups excluding carboxylic acids is 1. The van der Waals surface area contributed by atoms with Crippen LogP contribution in [0.15, 0.2) is 18.2 Å². The second kappa shape index (κ2) is 4.38. The Labute approximate surface area is 88.2 Å². The maximum Gasteiger partial charge on any atom is 0.405 e. The lowest BCUT2D eigenvalue weighted by molar-refractivity contribution is -0.123. The molecule has 7 heteroatoms. The van der Waals surface area contributed by atoms with E-state index < -0.39 is 30.0 Å². The van der Waals surface area contributed by atoms with Crippen molar-refractivity contribution in [3.63, 3.8) is 0 Å². The summed E-state index contributed by atoms with van der Waals surface area (Å²) in [5, 5.41) is 1.54. The topological polar surface area (TPSA) is 55.1 Å². The van der Waals surface area contributed by atoms with Crippen LogP contribution in [0, 0.1) is 5.82 Å². The first-order valence-electron chi connectivity index (χ1n) is 4.20. The van der Waals surface area contributed by atoms with E-state index in [1.165, 1.54) is 17.4 Å². The molecule has 1 rings (SSSR count). The van der Waals surface area contributed by atoms with Gasteiger partial charge >= 0.3 is 6.18 Å². The summed E-state index contributed by atoms with van der Waals surface area (Å²) < 4.78 is 48.5. The van der Waals surface area contributed by atoms with E-state index in [4.69, 9.17) is 5.73 Å². The highest BCUT2D eigenvalue weighted by Gasteiger charge is 2.28. The molecule has 0 aromatic heterocycles.